The van der Waals surface area contributed by atoms with Gasteiger partial charge < -0.3 is 0 Å². The Morgan fingerprint density at radius 3 is 2.40 bits per heavy atom. The molecular formula is C12H13BrF2. The van der Waals surface area contributed by atoms with Gasteiger partial charge in [0, 0.05) is 10.4 Å². The molecule has 0 aromatic heterocycles. The first kappa shape index (κ1) is 11.1. The highest BCUT2D eigenvalue weighted by atomic mass is 79.9. The highest BCUT2D eigenvalue weighted by molar-refractivity contribution is 9.09. The number of rotatable bonds is 2. The van der Waals surface area contributed by atoms with Crippen LogP contribution in [0.5, 0.6) is 0 Å². The predicted octanol–water partition coefficient (Wildman–Crippen LogP) is 4.07. The van der Waals surface area contributed by atoms with Gasteiger partial charge in [-0.15, -0.1) is 0 Å². The van der Waals surface area contributed by atoms with E-state index in [2.05, 4.69) is 15.9 Å². The Bertz CT molecular complexity index is 331. The van der Waals surface area contributed by atoms with Gasteiger partial charge in [-0.25, -0.2) is 8.78 Å². The van der Waals surface area contributed by atoms with Crippen LogP contribution in [0.15, 0.2) is 18.2 Å². The van der Waals surface area contributed by atoms with Crippen LogP contribution in [0.4, 0.5) is 8.78 Å². The van der Waals surface area contributed by atoms with E-state index in [9.17, 15) is 8.78 Å². The SMILES string of the molecule is Fc1cccc(F)c1CC1CCCC1Br. The lowest BCUT2D eigenvalue weighted by atomic mass is 9.97. The lowest BCUT2D eigenvalue weighted by Crippen LogP contribution is -2.12. The summed E-state index contributed by atoms with van der Waals surface area (Å²) in [5.74, 6) is -0.459. The van der Waals surface area contributed by atoms with Crippen LogP contribution in [-0.4, -0.2) is 4.83 Å². The van der Waals surface area contributed by atoms with Crippen molar-refractivity contribution in [1.29, 1.82) is 0 Å². The highest BCUT2D eigenvalue weighted by Gasteiger charge is 2.26. The molecule has 3 heteroatoms. The summed E-state index contributed by atoms with van der Waals surface area (Å²) >= 11 is 3.57. The van der Waals surface area contributed by atoms with E-state index in [0.29, 0.717) is 17.2 Å². The molecule has 1 aromatic carbocycles. The summed E-state index contributed by atoms with van der Waals surface area (Å²) in [6.45, 7) is 0. The minimum absolute atomic E-state index is 0.244. The second-order valence-electron chi connectivity index (χ2n) is 4.11. The van der Waals surface area contributed by atoms with Gasteiger partial charge in [-0.05, 0) is 37.3 Å². The van der Waals surface area contributed by atoms with Crippen molar-refractivity contribution in [3.63, 3.8) is 0 Å². The fourth-order valence-electron chi connectivity index (χ4n) is 2.21. The zero-order valence-corrected chi connectivity index (χ0v) is 9.94. The van der Waals surface area contributed by atoms with Crippen molar-refractivity contribution in [3.8, 4) is 0 Å². The van der Waals surface area contributed by atoms with Crippen LogP contribution in [-0.2, 0) is 6.42 Å². The number of alkyl halides is 1. The molecule has 1 saturated carbocycles. The monoisotopic (exact) mass is 274 g/mol. The molecule has 1 aliphatic carbocycles. The van der Waals surface area contributed by atoms with Gasteiger partial charge in [-0.1, -0.05) is 28.4 Å². The maximum atomic E-state index is 13.4. The Kier molecular flexibility index (Phi) is 3.39. The average Bonchev–Trinajstić information content (AvgIpc) is 2.58. The zero-order valence-electron chi connectivity index (χ0n) is 8.35. The number of benzene rings is 1. The van der Waals surface area contributed by atoms with Crippen LogP contribution in [0, 0.1) is 17.6 Å². The summed E-state index contributed by atoms with van der Waals surface area (Å²) in [4.78, 5) is 0.413. The van der Waals surface area contributed by atoms with Gasteiger partial charge in [-0.2, -0.15) is 0 Å². The molecule has 0 saturated heterocycles. The Morgan fingerprint density at radius 1 is 1.20 bits per heavy atom. The minimum atomic E-state index is -0.415. The maximum absolute atomic E-state index is 13.4. The molecule has 15 heavy (non-hydrogen) atoms. The Hall–Kier alpha value is -0.440. The smallest absolute Gasteiger partial charge is 0.129 e. The third-order valence-electron chi connectivity index (χ3n) is 3.09. The normalized spacial score (nSPS) is 25.8. The highest BCUT2D eigenvalue weighted by Crippen LogP contribution is 2.34. The van der Waals surface area contributed by atoms with Crippen molar-refractivity contribution in [1.82, 2.24) is 0 Å². The maximum Gasteiger partial charge on any atom is 0.129 e. The zero-order chi connectivity index (χ0) is 10.8. The molecule has 2 rings (SSSR count). The molecule has 0 bridgehead atoms. The van der Waals surface area contributed by atoms with Gasteiger partial charge in [-0.3, -0.25) is 0 Å². The van der Waals surface area contributed by atoms with Gasteiger partial charge >= 0.3 is 0 Å². The first-order chi connectivity index (χ1) is 7.18. The van der Waals surface area contributed by atoms with Crippen molar-refractivity contribution in [2.75, 3.05) is 0 Å². The summed E-state index contributed by atoms with van der Waals surface area (Å²) in [6, 6.07) is 4.07. The largest absolute Gasteiger partial charge is 0.207 e. The predicted molar refractivity (Wildman–Crippen MR) is 60.1 cm³/mol. The van der Waals surface area contributed by atoms with E-state index < -0.39 is 11.6 Å². The van der Waals surface area contributed by atoms with E-state index in [-0.39, 0.29) is 5.56 Å². The number of hydrogen-bond acceptors (Lipinski definition) is 0. The van der Waals surface area contributed by atoms with Gasteiger partial charge in [0.05, 0.1) is 0 Å². The van der Waals surface area contributed by atoms with Crippen molar-refractivity contribution in [2.45, 2.75) is 30.5 Å². The molecule has 0 radical (unpaired) electrons. The number of hydrogen-bond donors (Lipinski definition) is 0. The van der Waals surface area contributed by atoms with Crippen molar-refractivity contribution in [2.24, 2.45) is 5.92 Å². The van der Waals surface area contributed by atoms with Crippen molar-refractivity contribution < 1.29 is 8.78 Å². The molecule has 2 atom stereocenters. The molecule has 82 valence electrons. The first-order valence-corrected chi connectivity index (χ1v) is 6.17. The summed E-state index contributed by atoms with van der Waals surface area (Å²) in [6.07, 6.45) is 3.83. The van der Waals surface area contributed by atoms with Crippen LogP contribution >= 0.6 is 15.9 Å². The second kappa shape index (κ2) is 4.60. The van der Waals surface area contributed by atoms with Gasteiger partial charge in [0.25, 0.3) is 0 Å². The molecule has 0 aliphatic heterocycles. The van der Waals surface area contributed by atoms with E-state index in [0.717, 1.165) is 19.3 Å². The van der Waals surface area contributed by atoms with Crippen molar-refractivity contribution in [3.05, 3.63) is 35.4 Å². The quantitative estimate of drug-likeness (QED) is 0.714. The number of halogens is 3. The summed E-state index contributed by atoms with van der Waals surface area (Å²) in [7, 11) is 0. The summed E-state index contributed by atoms with van der Waals surface area (Å²) in [5.41, 5.74) is 0.244. The second-order valence-corrected chi connectivity index (χ2v) is 5.29. The van der Waals surface area contributed by atoms with E-state index in [1.807, 2.05) is 0 Å². The fourth-order valence-corrected chi connectivity index (χ4v) is 2.99. The van der Waals surface area contributed by atoms with E-state index >= 15 is 0 Å². The van der Waals surface area contributed by atoms with Gasteiger partial charge in [0.15, 0.2) is 0 Å². The molecule has 0 nitrogen and oxygen atoms in total. The van der Waals surface area contributed by atoms with E-state index in [4.69, 9.17) is 0 Å². The first-order valence-electron chi connectivity index (χ1n) is 5.25. The third kappa shape index (κ3) is 2.39. The standard InChI is InChI=1S/C12H13BrF2/c13-10-4-1-3-8(10)7-9-11(14)5-2-6-12(9)15/h2,5-6,8,10H,1,3-4,7H2. The molecule has 1 fully saturated rings. The Balaban J connectivity index is 2.16. The molecule has 1 aliphatic rings. The third-order valence-corrected chi connectivity index (χ3v) is 4.30. The van der Waals surface area contributed by atoms with E-state index in [1.165, 1.54) is 18.2 Å². The Labute approximate surface area is 96.8 Å². The van der Waals surface area contributed by atoms with Crippen LogP contribution in [0.1, 0.15) is 24.8 Å². The summed E-state index contributed by atoms with van der Waals surface area (Å²) in [5, 5.41) is 0. The molecule has 2 unspecified atom stereocenters. The van der Waals surface area contributed by atoms with Gasteiger partial charge in [0.2, 0.25) is 0 Å². The topological polar surface area (TPSA) is 0 Å². The minimum Gasteiger partial charge on any atom is -0.207 e. The Morgan fingerprint density at radius 2 is 1.87 bits per heavy atom. The lowest BCUT2D eigenvalue weighted by molar-refractivity contribution is 0.499. The van der Waals surface area contributed by atoms with Crippen molar-refractivity contribution >= 4 is 15.9 Å². The van der Waals surface area contributed by atoms with Gasteiger partial charge in [0.1, 0.15) is 11.6 Å². The average molecular weight is 275 g/mol. The molecule has 0 spiro atoms. The molecule has 1 aromatic rings. The molecule has 0 heterocycles. The molecule has 0 amide bonds. The molecule has 0 N–H and O–H groups in total. The van der Waals surface area contributed by atoms with Crippen LogP contribution in [0.3, 0.4) is 0 Å². The molecular weight excluding hydrogens is 262 g/mol. The summed E-state index contributed by atoms with van der Waals surface area (Å²) < 4.78 is 26.8. The van der Waals surface area contributed by atoms with Crippen LogP contribution in [0.25, 0.3) is 0 Å². The van der Waals surface area contributed by atoms with E-state index in [1.54, 1.807) is 0 Å². The lowest BCUT2D eigenvalue weighted by Gasteiger charge is -2.14. The fraction of sp³-hybridized carbons (Fsp3) is 0.500. The van der Waals surface area contributed by atoms with Crippen LogP contribution in [0.2, 0.25) is 0 Å². The van der Waals surface area contributed by atoms with Crippen LogP contribution < -0.4 is 0 Å².